The monoisotopic (exact) mass is 356 g/mol. The normalized spacial score (nSPS) is 11.4. The summed E-state index contributed by atoms with van der Waals surface area (Å²) in [4.78, 5) is 13.9. The quantitative estimate of drug-likeness (QED) is 0.330. The molecule has 124 valence electrons. The minimum absolute atomic E-state index is 0.589. The van der Waals surface area contributed by atoms with E-state index < -0.39 is 0 Å². The van der Waals surface area contributed by atoms with E-state index in [-0.39, 0.29) is 0 Å². The van der Waals surface area contributed by atoms with E-state index in [1.807, 2.05) is 42.5 Å². The summed E-state index contributed by atoms with van der Waals surface area (Å²) in [6.07, 6.45) is 1.74. The zero-order chi connectivity index (χ0) is 17.7. The Kier molecular flexibility index (Phi) is 3.27. The van der Waals surface area contributed by atoms with E-state index in [0.717, 1.165) is 32.6 Å². The van der Waals surface area contributed by atoms with Gasteiger partial charge in [-0.1, -0.05) is 48.0 Å². The van der Waals surface area contributed by atoms with Crippen molar-refractivity contribution in [2.75, 3.05) is 5.73 Å². The van der Waals surface area contributed by atoms with Crippen molar-refractivity contribution in [3.63, 3.8) is 0 Å². The average molecular weight is 357 g/mol. The van der Waals surface area contributed by atoms with Crippen LogP contribution in [-0.4, -0.2) is 15.0 Å². The van der Waals surface area contributed by atoms with Crippen LogP contribution in [0.5, 0.6) is 0 Å². The first-order valence-electron chi connectivity index (χ1n) is 8.20. The van der Waals surface area contributed by atoms with Gasteiger partial charge in [-0.3, -0.25) is 0 Å². The molecular formula is C21H13ClN4. The van der Waals surface area contributed by atoms with Gasteiger partial charge in [0.05, 0.1) is 16.6 Å². The number of anilines is 1. The lowest BCUT2D eigenvalue weighted by Crippen LogP contribution is -1.98. The lowest BCUT2D eigenvalue weighted by atomic mass is 10.0. The van der Waals surface area contributed by atoms with Crippen molar-refractivity contribution in [2.45, 2.75) is 0 Å². The van der Waals surface area contributed by atoms with E-state index in [4.69, 9.17) is 22.3 Å². The van der Waals surface area contributed by atoms with Crippen LogP contribution in [0.25, 0.3) is 44.1 Å². The van der Waals surface area contributed by atoms with Crippen molar-refractivity contribution < 1.29 is 0 Å². The Balaban J connectivity index is 1.83. The molecule has 0 aliphatic carbocycles. The summed E-state index contributed by atoms with van der Waals surface area (Å²) in [5.41, 5.74) is 9.40. The van der Waals surface area contributed by atoms with Crippen LogP contribution in [0.2, 0.25) is 5.02 Å². The number of pyridine rings is 1. The highest BCUT2D eigenvalue weighted by atomic mass is 35.5. The van der Waals surface area contributed by atoms with Crippen LogP contribution in [0, 0.1) is 0 Å². The fourth-order valence-corrected chi connectivity index (χ4v) is 3.36. The molecule has 0 unspecified atom stereocenters. The molecule has 3 aromatic carbocycles. The second-order valence-corrected chi connectivity index (χ2v) is 6.58. The molecule has 2 aromatic heterocycles. The number of aromatic nitrogens is 3. The van der Waals surface area contributed by atoms with Crippen molar-refractivity contribution in [1.29, 1.82) is 0 Å². The maximum atomic E-state index is 6.42. The van der Waals surface area contributed by atoms with E-state index in [1.54, 1.807) is 6.20 Å². The first-order chi connectivity index (χ1) is 12.7. The number of rotatable bonds is 1. The molecule has 0 saturated carbocycles. The summed E-state index contributed by atoms with van der Waals surface area (Å²) in [6, 6.07) is 19.6. The molecule has 5 rings (SSSR count). The van der Waals surface area contributed by atoms with Crippen molar-refractivity contribution in [3.05, 3.63) is 71.9 Å². The van der Waals surface area contributed by atoms with Crippen molar-refractivity contribution in [1.82, 2.24) is 15.0 Å². The fourth-order valence-electron chi connectivity index (χ4n) is 3.23. The Morgan fingerprint density at radius 2 is 1.58 bits per heavy atom. The molecule has 0 bridgehead atoms. The SMILES string of the molecule is Nc1c2cnc(-c3ccc(Cl)cc3)nc2nc2c1ccc1ccccc12. The van der Waals surface area contributed by atoms with Gasteiger partial charge in [0.2, 0.25) is 0 Å². The average Bonchev–Trinajstić information content (AvgIpc) is 2.68. The van der Waals surface area contributed by atoms with Gasteiger partial charge in [0.1, 0.15) is 0 Å². The van der Waals surface area contributed by atoms with Crippen molar-refractivity contribution in [2.24, 2.45) is 0 Å². The van der Waals surface area contributed by atoms with Crippen molar-refractivity contribution in [3.8, 4) is 11.4 Å². The molecule has 0 spiro atoms. The number of halogens is 1. The number of nitrogens with zero attached hydrogens (tertiary/aromatic N) is 3. The van der Waals surface area contributed by atoms with Crippen molar-refractivity contribution >= 4 is 50.0 Å². The standard InChI is InChI=1S/C21H13ClN4/c22-14-8-5-13(6-9-14)20-24-11-17-18(23)16-10-7-12-3-1-2-4-15(12)19(16)25-21(17)26-20/h1-11H,(H2,23,24,25,26). The summed E-state index contributed by atoms with van der Waals surface area (Å²) in [7, 11) is 0. The zero-order valence-corrected chi connectivity index (χ0v) is 14.4. The molecule has 2 N–H and O–H groups in total. The van der Waals surface area contributed by atoms with Crippen LogP contribution in [-0.2, 0) is 0 Å². The van der Waals surface area contributed by atoms with E-state index in [1.165, 1.54) is 0 Å². The van der Waals surface area contributed by atoms with Gasteiger partial charge < -0.3 is 5.73 Å². The van der Waals surface area contributed by atoms with E-state index >= 15 is 0 Å². The summed E-state index contributed by atoms with van der Waals surface area (Å²) in [5, 5.41) is 4.53. The van der Waals surface area contributed by atoms with Gasteiger partial charge in [-0.05, 0) is 29.7 Å². The minimum Gasteiger partial charge on any atom is -0.398 e. The van der Waals surface area contributed by atoms with Crippen LogP contribution >= 0.6 is 11.6 Å². The molecule has 0 aliphatic rings. The second kappa shape index (κ2) is 5.64. The van der Waals surface area contributed by atoms with Gasteiger partial charge in [0.25, 0.3) is 0 Å². The molecule has 5 heteroatoms. The Morgan fingerprint density at radius 1 is 0.769 bits per heavy atom. The van der Waals surface area contributed by atoms with Gasteiger partial charge in [0.15, 0.2) is 11.5 Å². The molecule has 0 amide bonds. The summed E-state index contributed by atoms with van der Waals surface area (Å²) in [6.45, 7) is 0. The van der Waals surface area contributed by atoms with Gasteiger partial charge in [-0.2, -0.15) is 0 Å². The zero-order valence-electron chi connectivity index (χ0n) is 13.6. The van der Waals surface area contributed by atoms with Crippen LogP contribution in [0.3, 0.4) is 0 Å². The molecule has 26 heavy (non-hydrogen) atoms. The molecular weight excluding hydrogens is 344 g/mol. The Hall–Kier alpha value is -3.24. The van der Waals surface area contributed by atoms with Crippen LogP contribution < -0.4 is 5.73 Å². The van der Waals surface area contributed by atoms with E-state index in [0.29, 0.717) is 22.2 Å². The third-order valence-electron chi connectivity index (χ3n) is 4.57. The Morgan fingerprint density at radius 3 is 2.42 bits per heavy atom. The highest BCUT2D eigenvalue weighted by molar-refractivity contribution is 6.30. The molecule has 2 heterocycles. The third kappa shape index (κ3) is 2.27. The second-order valence-electron chi connectivity index (χ2n) is 6.15. The smallest absolute Gasteiger partial charge is 0.165 e. The van der Waals surface area contributed by atoms with Gasteiger partial charge in [-0.15, -0.1) is 0 Å². The van der Waals surface area contributed by atoms with E-state index in [2.05, 4.69) is 28.2 Å². The van der Waals surface area contributed by atoms with Crippen LogP contribution in [0.1, 0.15) is 0 Å². The minimum atomic E-state index is 0.589. The fraction of sp³-hybridized carbons (Fsp3) is 0. The maximum absolute atomic E-state index is 6.42. The Bertz CT molecular complexity index is 1300. The molecule has 0 saturated heterocycles. The lowest BCUT2D eigenvalue weighted by molar-refractivity contribution is 1.20. The first kappa shape index (κ1) is 15.0. The maximum Gasteiger partial charge on any atom is 0.165 e. The topological polar surface area (TPSA) is 64.7 Å². The van der Waals surface area contributed by atoms with Gasteiger partial charge in [-0.25, -0.2) is 15.0 Å². The molecule has 5 aromatic rings. The van der Waals surface area contributed by atoms with Gasteiger partial charge in [0, 0.05) is 27.6 Å². The predicted molar refractivity (Wildman–Crippen MR) is 107 cm³/mol. The number of hydrogen-bond acceptors (Lipinski definition) is 4. The predicted octanol–water partition coefficient (Wildman–Crippen LogP) is 5.23. The van der Waals surface area contributed by atoms with Crippen LogP contribution in [0.4, 0.5) is 5.69 Å². The highest BCUT2D eigenvalue weighted by Gasteiger charge is 2.12. The Labute approximate surface area is 154 Å². The molecule has 0 aliphatic heterocycles. The largest absolute Gasteiger partial charge is 0.398 e. The van der Waals surface area contributed by atoms with Crippen LogP contribution in [0.15, 0.2) is 66.9 Å². The summed E-state index contributed by atoms with van der Waals surface area (Å²) in [5.74, 6) is 0.598. The molecule has 0 radical (unpaired) electrons. The number of fused-ring (bicyclic) bond motifs is 4. The molecule has 0 atom stereocenters. The number of nitrogens with two attached hydrogens (primary N) is 1. The summed E-state index contributed by atoms with van der Waals surface area (Å²) < 4.78 is 0. The molecule has 0 fully saturated rings. The highest BCUT2D eigenvalue weighted by Crippen LogP contribution is 2.32. The number of hydrogen-bond donors (Lipinski definition) is 1. The van der Waals surface area contributed by atoms with E-state index in [9.17, 15) is 0 Å². The van der Waals surface area contributed by atoms with Gasteiger partial charge >= 0.3 is 0 Å². The molecule has 4 nitrogen and oxygen atoms in total. The third-order valence-corrected chi connectivity index (χ3v) is 4.82. The lowest BCUT2D eigenvalue weighted by Gasteiger charge is -2.09. The number of benzene rings is 3. The number of nitrogen functional groups attached to an aromatic ring is 1. The summed E-state index contributed by atoms with van der Waals surface area (Å²) >= 11 is 5.97. The first-order valence-corrected chi connectivity index (χ1v) is 8.58.